The van der Waals surface area contributed by atoms with Crippen LogP contribution in [0.4, 0.5) is 0 Å². The van der Waals surface area contributed by atoms with Crippen LogP contribution in [0.3, 0.4) is 0 Å². The summed E-state index contributed by atoms with van der Waals surface area (Å²) in [6, 6.07) is 0. The van der Waals surface area contributed by atoms with Gasteiger partial charge in [0.05, 0.1) is 18.6 Å². The SMILES string of the molecule is CC(CI)C(=O)OCCOC1CC(C)(C)N([O])C(C)(C)C1. The van der Waals surface area contributed by atoms with E-state index in [-0.39, 0.29) is 24.6 Å². The van der Waals surface area contributed by atoms with E-state index in [0.29, 0.717) is 19.4 Å². The van der Waals surface area contributed by atoms with Gasteiger partial charge >= 0.3 is 5.97 Å². The zero-order valence-electron chi connectivity index (χ0n) is 13.6. The van der Waals surface area contributed by atoms with Crippen LogP contribution in [0.5, 0.6) is 0 Å². The first-order valence-electron chi connectivity index (χ1n) is 7.42. The number of carbonyl (C=O) groups is 1. The van der Waals surface area contributed by atoms with Gasteiger partial charge in [0, 0.05) is 15.5 Å². The molecule has 0 N–H and O–H groups in total. The molecule has 6 heteroatoms. The van der Waals surface area contributed by atoms with E-state index in [0.717, 1.165) is 4.43 Å². The predicted octanol–water partition coefficient (Wildman–Crippen LogP) is 2.98. The molecule has 1 fully saturated rings. The van der Waals surface area contributed by atoms with Crippen LogP contribution in [0, 0.1) is 5.92 Å². The number of ether oxygens (including phenoxy) is 2. The normalized spacial score (nSPS) is 23.8. The minimum absolute atomic E-state index is 0.0286. The number of rotatable bonds is 6. The van der Waals surface area contributed by atoms with Gasteiger partial charge in [-0.2, -0.15) is 0 Å². The standard InChI is InChI=1S/C15H27INO4/c1-11(10-16)13(18)21-7-6-20-12-8-14(2,3)17(19)15(4,5)9-12/h11-12H,6-10H2,1-5H3. The van der Waals surface area contributed by atoms with Crippen molar-refractivity contribution in [1.29, 1.82) is 0 Å². The van der Waals surface area contributed by atoms with Gasteiger partial charge in [-0.3, -0.25) is 4.79 Å². The molecule has 0 bridgehead atoms. The zero-order valence-corrected chi connectivity index (χ0v) is 15.8. The number of hydrogen-bond acceptors (Lipinski definition) is 4. The third kappa shape index (κ3) is 5.33. The molecule has 1 atom stereocenters. The highest BCUT2D eigenvalue weighted by atomic mass is 127. The first-order chi connectivity index (χ1) is 9.60. The van der Waals surface area contributed by atoms with Gasteiger partial charge in [-0.1, -0.05) is 29.5 Å². The summed E-state index contributed by atoms with van der Waals surface area (Å²) in [6.07, 6.45) is 1.41. The van der Waals surface area contributed by atoms with Crippen molar-refractivity contribution < 1.29 is 19.5 Å². The van der Waals surface area contributed by atoms with Crippen LogP contribution in [0.25, 0.3) is 0 Å². The van der Waals surface area contributed by atoms with Gasteiger partial charge in [-0.25, -0.2) is 0 Å². The number of esters is 1. The summed E-state index contributed by atoms with van der Waals surface area (Å²) >= 11 is 2.17. The topological polar surface area (TPSA) is 58.7 Å². The second kappa shape index (κ2) is 7.57. The maximum absolute atomic E-state index is 12.2. The highest BCUT2D eigenvalue weighted by Gasteiger charge is 2.46. The molecule has 1 aliphatic heterocycles. The van der Waals surface area contributed by atoms with Crippen LogP contribution in [0.1, 0.15) is 47.5 Å². The lowest BCUT2D eigenvalue weighted by atomic mass is 9.80. The predicted molar refractivity (Wildman–Crippen MR) is 88.7 cm³/mol. The zero-order chi connectivity index (χ0) is 16.3. The fourth-order valence-corrected chi connectivity index (χ4v) is 3.21. The van der Waals surface area contributed by atoms with Gasteiger partial charge in [-0.05, 0) is 40.5 Å². The Balaban J connectivity index is 2.38. The first kappa shape index (κ1) is 19.1. The van der Waals surface area contributed by atoms with Crippen molar-refractivity contribution in [3.8, 4) is 0 Å². The molecule has 0 spiro atoms. The molecule has 5 nitrogen and oxygen atoms in total. The lowest BCUT2D eigenvalue weighted by Gasteiger charge is -2.49. The average Bonchev–Trinajstić information content (AvgIpc) is 2.39. The fourth-order valence-electron chi connectivity index (χ4n) is 2.85. The van der Waals surface area contributed by atoms with Crippen molar-refractivity contribution in [1.82, 2.24) is 5.06 Å². The van der Waals surface area contributed by atoms with Gasteiger partial charge < -0.3 is 9.47 Å². The summed E-state index contributed by atoms with van der Waals surface area (Å²) in [7, 11) is 0. The molecule has 0 aromatic carbocycles. The average molecular weight is 412 g/mol. The van der Waals surface area contributed by atoms with Crippen molar-refractivity contribution in [2.24, 2.45) is 5.92 Å². The van der Waals surface area contributed by atoms with Crippen molar-refractivity contribution >= 4 is 28.6 Å². The summed E-state index contributed by atoms with van der Waals surface area (Å²) in [5.74, 6) is -0.254. The number of carbonyl (C=O) groups excluding carboxylic acids is 1. The minimum atomic E-state index is -0.432. The van der Waals surface area contributed by atoms with Crippen LogP contribution in [-0.2, 0) is 19.5 Å². The van der Waals surface area contributed by atoms with Crippen LogP contribution < -0.4 is 0 Å². The van der Waals surface area contributed by atoms with E-state index in [1.807, 2.05) is 34.6 Å². The van der Waals surface area contributed by atoms with Crippen molar-refractivity contribution in [2.45, 2.75) is 64.6 Å². The van der Waals surface area contributed by atoms with Gasteiger partial charge in [0.25, 0.3) is 0 Å². The quantitative estimate of drug-likeness (QED) is 0.291. The van der Waals surface area contributed by atoms with E-state index in [9.17, 15) is 10.0 Å². The van der Waals surface area contributed by atoms with E-state index in [2.05, 4.69) is 22.6 Å². The lowest BCUT2D eigenvalue weighted by Crippen LogP contribution is -2.59. The smallest absolute Gasteiger partial charge is 0.309 e. The first-order valence-corrected chi connectivity index (χ1v) is 8.94. The summed E-state index contributed by atoms with van der Waals surface area (Å²) in [4.78, 5) is 11.5. The van der Waals surface area contributed by atoms with E-state index in [1.165, 1.54) is 5.06 Å². The summed E-state index contributed by atoms with van der Waals surface area (Å²) in [5.41, 5.74) is -0.863. The van der Waals surface area contributed by atoms with Gasteiger partial charge in [0.2, 0.25) is 0 Å². The largest absolute Gasteiger partial charge is 0.463 e. The number of hydrogen-bond donors (Lipinski definition) is 0. The Morgan fingerprint density at radius 2 is 1.76 bits per heavy atom. The Kier molecular flexibility index (Phi) is 6.89. The Hall–Kier alpha value is 0.0800. The maximum Gasteiger partial charge on any atom is 0.309 e. The van der Waals surface area contributed by atoms with Crippen LogP contribution >= 0.6 is 22.6 Å². The number of piperidine rings is 1. The minimum Gasteiger partial charge on any atom is -0.463 e. The maximum atomic E-state index is 12.2. The molecule has 1 unspecified atom stereocenters. The highest BCUT2D eigenvalue weighted by molar-refractivity contribution is 14.1. The number of nitrogens with zero attached hydrogens (tertiary/aromatic N) is 1. The second-order valence-electron chi connectivity index (χ2n) is 7.04. The van der Waals surface area contributed by atoms with Crippen molar-refractivity contribution in [2.75, 3.05) is 17.6 Å². The molecule has 0 aliphatic carbocycles. The lowest BCUT2D eigenvalue weighted by molar-refractivity contribution is -0.301. The summed E-state index contributed by atoms with van der Waals surface area (Å²) in [5, 5.41) is 13.4. The van der Waals surface area contributed by atoms with E-state index >= 15 is 0 Å². The molecule has 1 heterocycles. The van der Waals surface area contributed by atoms with E-state index < -0.39 is 11.1 Å². The van der Waals surface area contributed by atoms with E-state index in [1.54, 1.807) is 0 Å². The van der Waals surface area contributed by atoms with E-state index in [4.69, 9.17) is 9.47 Å². The summed E-state index contributed by atoms with van der Waals surface area (Å²) < 4.78 is 11.7. The molecule has 0 aromatic heterocycles. The second-order valence-corrected chi connectivity index (χ2v) is 7.92. The van der Waals surface area contributed by atoms with Crippen LogP contribution in [-0.4, -0.2) is 45.9 Å². The Labute approximate surface area is 141 Å². The third-order valence-electron chi connectivity index (χ3n) is 3.87. The number of alkyl halides is 1. The van der Waals surface area contributed by atoms with Gasteiger partial charge in [0.1, 0.15) is 6.61 Å². The van der Waals surface area contributed by atoms with Crippen LogP contribution in [0.2, 0.25) is 0 Å². The number of halogens is 1. The Bertz CT molecular complexity index is 342. The third-order valence-corrected chi connectivity index (χ3v) is 5.19. The highest BCUT2D eigenvalue weighted by Crippen LogP contribution is 2.38. The van der Waals surface area contributed by atoms with Gasteiger partial charge in [0.15, 0.2) is 0 Å². The Morgan fingerprint density at radius 3 is 2.24 bits per heavy atom. The molecule has 1 radical (unpaired) electrons. The molecular weight excluding hydrogens is 385 g/mol. The fraction of sp³-hybridized carbons (Fsp3) is 0.933. The van der Waals surface area contributed by atoms with Crippen molar-refractivity contribution in [3.05, 3.63) is 0 Å². The summed E-state index contributed by atoms with van der Waals surface area (Å²) in [6.45, 7) is 10.3. The molecule has 0 aromatic rings. The number of hydroxylamine groups is 2. The molecule has 123 valence electrons. The molecule has 1 aliphatic rings. The molecule has 1 saturated heterocycles. The van der Waals surface area contributed by atoms with Crippen molar-refractivity contribution in [3.63, 3.8) is 0 Å². The monoisotopic (exact) mass is 412 g/mol. The molecular formula is C15H27INO4. The molecule has 0 saturated carbocycles. The molecule has 0 amide bonds. The van der Waals surface area contributed by atoms with Gasteiger partial charge in [-0.15, -0.1) is 10.3 Å². The molecule has 1 rings (SSSR count). The van der Waals surface area contributed by atoms with Crippen LogP contribution in [0.15, 0.2) is 0 Å². The Morgan fingerprint density at radius 1 is 1.24 bits per heavy atom. The molecule has 21 heavy (non-hydrogen) atoms.